The summed E-state index contributed by atoms with van der Waals surface area (Å²) in [7, 11) is 0. The Morgan fingerprint density at radius 3 is 2.63 bits per heavy atom. The first kappa shape index (κ1) is 12.1. The van der Waals surface area contributed by atoms with Crippen LogP contribution in [0.15, 0.2) is 30.6 Å². The monoisotopic (exact) mass is 273 g/mol. The van der Waals surface area contributed by atoms with Gasteiger partial charge >= 0.3 is 0 Å². The van der Waals surface area contributed by atoms with E-state index < -0.39 is 0 Å². The average molecular weight is 274 g/mol. The van der Waals surface area contributed by atoms with Crippen molar-refractivity contribution in [3.8, 4) is 0 Å². The van der Waals surface area contributed by atoms with Crippen LogP contribution in [0.1, 0.15) is 34.0 Å². The molecular weight excluding hydrogens is 262 g/mol. The maximum absolute atomic E-state index is 12.2. The van der Waals surface area contributed by atoms with E-state index in [0.29, 0.717) is 23.4 Å². The summed E-state index contributed by atoms with van der Waals surface area (Å²) >= 11 is 5.88. The minimum atomic E-state index is 0.0132. The quantitative estimate of drug-likeness (QED) is 0.867. The molecule has 1 heterocycles. The lowest BCUT2D eigenvalue weighted by molar-refractivity contribution is 0.0963. The topological polar surface area (TPSA) is 68.9 Å². The number of carbonyl (C=O) groups excluding carboxylic acids is 1. The highest BCUT2D eigenvalue weighted by Gasteiger charge is 2.29. The molecule has 1 aliphatic carbocycles. The molecule has 2 N–H and O–H groups in total. The molecule has 2 aromatic rings. The minimum absolute atomic E-state index is 0.0132. The first-order chi connectivity index (χ1) is 9.15. The molecule has 0 saturated heterocycles. The Labute approximate surface area is 115 Å². The maximum Gasteiger partial charge on any atom is 0.169 e. The number of carbonyl (C=O) groups is 1. The standard InChI is InChI=1S/C14H12ClN3O/c15-10-3-1-8(2-4-10)9-5-11-13(12(19)6-9)14(16)18-7-17-11/h1-4,7,9H,5-6H2,(H2,16,17,18)/t9-/m0/s1. The highest BCUT2D eigenvalue weighted by atomic mass is 35.5. The van der Waals surface area contributed by atoms with E-state index in [9.17, 15) is 4.79 Å². The number of benzene rings is 1. The van der Waals surface area contributed by atoms with Crippen LogP contribution < -0.4 is 5.73 Å². The molecule has 1 aliphatic rings. The zero-order chi connectivity index (χ0) is 13.4. The lowest BCUT2D eigenvalue weighted by Gasteiger charge is -2.23. The van der Waals surface area contributed by atoms with Gasteiger partial charge in [0.1, 0.15) is 12.1 Å². The number of nitrogens with zero attached hydrogens (tertiary/aromatic N) is 2. The zero-order valence-electron chi connectivity index (χ0n) is 10.1. The van der Waals surface area contributed by atoms with E-state index in [2.05, 4.69) is 9.97 Å². The second-order valence-corrected chi connectivity index (χ2v) is 5.10. The molecule has 1 aromatic heterocycles. The van der Waals surface area contributed by atoms with Crippen molar-refractivity contribution in [2.75, 3.05) is 5.73 Å². The van der Waals surface area contributed by atoms with E-state index in [1.165, 1.54) is 6.33 Å². The van der Waals surface area contributed by atoms with E-state index in [0.717, 1.165) is 11.3 Å². The van der Waals surface area contributed by atoms with Gasteiger partial charge in [0.15, 0.2) is 5.78 Å². The number of nitrogen functional groups attached to an aromatic ring is 1. The summed E-state index contributed by atoms with van der Waals surface area (Å²) in [6, 6.07) is 7.59. The van der Waals surface area contributed by atoms with Gasteiger partial charge < -0.3 is 5.73 Å². The molecule has 5 heteroatoms. The molecule has 4 nitrogen and oxygen atoms in total. The third-order valence-corrected chi connectivity index (χ3v) is 3.70. The van der Waals surface area contributed by atoms with Crippen LogP contribution in [0, 0.1) is 0 Å². The van der Waals surface area contributed by atoms with Crippen LogP contribution in [0.4, 0.5) is 5.82 Å². The molecule has 1 aromatic carbocycles. The van der Waals surface area contributed by atoms with Crippen molar-refractivity contribution in [2.45, 2.75) is 18.8 Å². The number of hydrogen-bond donors (Lipinski definition) is 1. The van der Waals surface area contributed by atoms with E-state index in [1.54, 1.807) is 0 Å². The second-order valence-electron chi connectivity index (χ2n) is 4.66. The van der Waals surface area contributed by atoms with Crippen molar-refractivity contribution < 1.29 is 4.79 Å². The van der Waals surface area contributed by atoms with Gasteiger partial charge in [-0.25, -0.2) is 9.97 Å². The number of hydrogen-bond acceptors (Lipinski definition) is 4. The molecular formula is C14H12ClN3O. The molecule has 3 rings (SSSR count). The zero-order valence-corrected chi connectivity index (χ0v) is 10.9. The Balaban J connectivity index is 1.97. The summed E-state index contributed by atoms with van der Waals surface area (Å²) in [6.45, 7) is 0. The largest absolute Gasteiger partial charge is 0.383 e. The van der Waals surface area contributed by atoms with Crippen molar-refractivity contribution in [1.82, 2.24) is 9.97 Å². The van der Waals surface area contributed by atoms with Crippen molar-refractivity contribution in [3.63, 3.8) is 0 Å². The number of halogens is 1. The third-order valence-electron chi connectivity index (χ3n) is 3.45. The molecule has 0 fully saturated rings. The molecule has 0 saturated carbocycles. The highest BCUT2D eigenvalue weighted by molar-refractivity contribution is 6.30. The van der Waals surface area contributed by atoms with Crippen molar-refractivity contribution >= 4 is 23.2 Å². The van der Waals surface area contributed by atoms with Crippen LogP contribution >= 0.6 is 11.6 Å². The average Bonchev–Trinajstić information content (AvgIpc) is 2.39. The number of Topliss-reactive ketones (excluding diaryl/α,β-unsaturated/α-hetero) is 1. The van der Waals surface area contributed by atoms with Crippen LogP contribution in [0.3, 0.4) is 0 Å². The van der Waals surface area contributed by atoms with Gasteiger partial charge in [-0.2, -0.15) is 0 Å². The van der Waals surface area contributed by atoms with Gasteiger partial charge in [0.2, 0.25) is 0 Å². The normalized spacial score (nSPS) is 18.2. The second kappa shape index (κ2) is 4.63. The van der Waals surface area contributed by atoms with E-state index in [-0.39, 0.29) is 17.5 Å². The van der Waals surface area contributed by atoms with E-state index in [1.807, 2.05) is 24.3 Å². The molecule has 19 heavy (non-hydrogen) atoms. The first-order valence-electron chi connectivity index (χ1n) is 6.03. The minimum Gasteiger partial charge on any atom is -0.383 e. The summed E-state index contributed by atoms with van der Waals surface area (Å²) in [5, 5.41) is 0.692. The van der Waals surface area contributed by atoms with Crippen molar-refractivity contribution in [3.05, 3.63) is 52.4 Å². The smallest absolute Gasteiger partial charge is 0.169 e. The van der Waals surface area contributed by atoms with Crippen LogP contribution in [0.5, 0.6) is 0 Å². The Bertz CT molecular complexity index is 640. The number of ketones is 1. The summed E-state index contributed by atoms with van der Waals surface area (Å²) in [5.74, 6) is 0.426. The Morgan fingerprint density at radius 2 is 1.89 bits per heavy atom. The van der Waals surface area contributed by atoms with Gasteiger partial charge in [-0.15, -0.1) is 0 Å². The predicted octanol–water partition coefficient (Wildman–Crippen LogP) is 2.62. The van der Waals surface area contributed by atoms with Crippen molar-refractivity contribution in [1.29, 1.82) is 0 Å². The highest BCUT2D eigenvalue weighted by Crippen LogP contribution is 2.33. The van der Waals surface area contributed by atoms with Crippen LogP contribution in [-0.4, -0.2) is 15.8 Å². The molecule has 0 radical (unpaired) electrons. The molecule has 1 atom stereocenters. The number of nitrogens with two attached hydrogens (primary N) is 1. The van der Waals surface area contributed by atoms with E-state index in [4.69, 9.17) is 17.3 Å². The number of anilines is 1. The van der Waals surface area contributed by atoms with Crippen LogP contribution in [0.25, 0.3) is 0 Å². The molecule has 96 valence electrons. The Morgan fingerprint density at radius 1 is 1.16 bits per heavy atom. The summed E-state index contributed by atoms with van der Waals surface area (Å²) in [6.07, 6.45) is 2.55. The maximum atomic E-state index is 12.2. The fraction of sp³-hybridized carbons (Fsp3) is 0.214. The molecule has 0 aliphatic heterocycles. The summed E-state index contributed by atoms with van der Waals surface area (Å²) in [4.78, 5) is 20.2. The number of rotatable bonds is 1. The fourth-order valence-corrected chi connectivity index (χ4v) is 2.62. The van der Waals surface area contributed by atoms with Gasteiger partial charge in [-0.05, 0) is 30.0 Å². The Kier molecular flexibility index (Phi) is 2.95. The molecule has 0 amide bonds. The lowest BCUT2D eigenvalue weighted by atomic mass is 9.82. The van der Waals surface area contributed by atoms with Gasteiger partial charge in [0, 0.05) is 11.4 Å². The first-order valence-corrected chi connectivity index (χ1v) is 6.41. The van der Waals surface area contributed by atoms with Gasteiger partial charge in [0.05, 0.1) is 11.3 Å². The van der Waals surface area contributed by atoms with Crippen LogP contribution in [-0.2, 0) is 6.42 Å². The van der Waals surface area contributed by atoms with Gasteiger partial charge in [0.25, 0.3) is 0 Å². The number of aromatic nitrogens is 2. The fourth-order valence-electron chi connectivity index (χ4n) is 2.50. The Hall–Kier alpha value is -1.94. The lowest BCUT2D eigenvalue weighted by Crippen LogP contribution is -2.22. The number of fused-ring (bicyclic) bond motifs is 1. The van der Waals surface area contributed by atoms with Crippen molar-refractivity contribution in [2.24, 2.45) is 0 Å². The molecule has 0 spiro atoms. The predicted molar refractivity (Wildman–Crippen MR) is 73.3 cm³/mol. The SMILES string of the molecule is Nc1ncnc2c1C(=O)C[C@@H](c1ccc(Cl)cc1)C2. The van der Waals surface area contributed by atoms with E-state index >= 15 is 0 Å². The van der Waals surface area contributed by atoms with Gasteiger partial charge in [-0.1, -0.05) is 23.7 Å². The third kappa shape index (κ3) is 2.19. The van der Waals surface area contributed by atoms with Gasteiger partial charge in [-0.3, -0.25) is 4.79 Å². The summed E-state index contributed by atoms with van der Waals surface area (Å²) < 4.78 is 0. The van der Waals surface area contributed by atoms with Crippen LogP contribution in [0.2, 0.25) is 5.02 Å². The molecule has 0 unspecified atom stereocenters. The molecule has 0 bridgehead atoms. The summed E-state index contributed by atoms with van der Waals surface area (Å²) in [5.41, 5.74) is 8.08.